The standard InChI is InChI=1S/C9H16N2O3/c1-6-3-2-4-8(12)11(6)5-7(10)9(13)14/h6-7H,2-5,10H2,1H3,(H,13,14). The van der Waals surface area contributed by atoms with Crippen molar-refractivity contribution in [3.8, 4) is 0 Å². The monoisotopic (exact) mass is 200 g/mol. The summed E-state index contributed by atoms with van der Waals surface area (Å²) in [5.74, 6) is -1.05. The molecule has 14 heavy (non-hydrogen) atoms. The fourth-order valence-corrected chi connectivity index (χ4v) is 1.67. The van der Waals surface area contributed by atoms with E-state index in [0.717, 1.165) is 12.8 Å². The molecule has 0 aromatic heterocycles. The topological polar surface area (TPSA) is 83.6 Å². The van der Waals surface area contributed by atoms with E-state index in [1.54, 1.807) is 4.90 Å². The number of amides is 1. The van der Waals surface area contributed by atoms with Gasteiger partial charge in [0, 0.05) is 19.0 Å². The van der Waals surface area contributed by atoms with Crippen LogP contribution in [-0.2, 0) is 9.59 Å². The predicted molar refractivity (Wildman–Crippen MR) is 50.6 cm³/mol. The van der Waals surface area contributed by atoms with Gasteiger partial charge in [-0.3, -0.25) is 9.59 Å². The average Bonchev–Trinajstić information content (AvgIpc) is 2.11. The third-order valence-corrected chi connectivity index (χ3v) is 2.58. The molecule has 2 unspecified atom stereocenters. The largest absolute Gasteiger partial charge is 0.480 e. The number of aliphatic carboxylic acids is 1. The number of piperidine rings is 1. The molecule has 0 aromatic rings. The number of carbonyl (C=O) groups excluding carboxylic acids is 1. The number of carbonyl (C=O) groups is 2. The van der Waals surface area contributed by atoms with Crippen molar-refractivity contribution in [1.82, 2.24) is 4.90 Å². The summed E-state index contributed by atoms with van der Waals surface area (Å²) in [7, 11) is 0. The number of nitrogens with two attached hydrogens (primary N) is 1. The molecule has 1 amide bonds. The second kappa shape index (κ2) is 4.41. The van der Waals surface area contributed by atoms with Gasteiger partial charge in [0.1, 0.15) is 6.04 Å². The third-order valence-electron chi connectivity index (χ3n) is 2.58. The quantitative estimate of drug-likeness (QED) is 0.660. The van der Waals surface area contributed by atoms with Crippen molar-refractivity contribution in [2.45, 2.75) is 38.3 Å². The van der Waals surface area contributed by atoms with Gasteiger partial charge >= 0.3 is 5.97 Å². The van der Waals surface area contributed by atoms with Crippen LogP contribution in [0, 0.1) is 0 Å². The van der Waals surface area contributed by atoms with Gasteiger partial charge in [0.05, 0.1) is 0 Å². The van der Waals surface area contributed by atoms with Gasteiger partial charge < -0.3 is 15.7 Å². The SMILES string of the molecule is CC1CCCC(=O)N1CC(N)C(=O)O. The Balaban J connectivity index is 2.56. The highest BCUT2D eigenvalue weighted by Gasteiger charge is 2.27. The van der Waals surface area contributed by atoms with Gasteiger partial charge in [-0.2, -0.15) is 0 Å². The molecule has 3 N–H and O–H groups in total. The second-order valence-electron chi connectivity index (χ2n) is 3.73. The van der Waals surface area contributed by atoms with Gasteiger partial charge in [-0.15, -0.1) is 0 Å². The molecule has 1 aliphatic heterocycles. The summed E-state index contributed by atoms with van der Waals surface area (Å²) < 4.78 is 0. The van der Waals surface area contributed by atoms with Crippen molar-refractivity contribution in [3.63, 3.8) is 0 Å². The fraction of sp³-hybridized carbons (Fsp3) is 0.778. The number of hydrogen-bond donors (Lipinski definition) is 2. The van der Waals surface area contributed by atoms with E-state index in [1.807, 2.05) is 6.92 Å². The second-order valence-corrected chi connectivity index (χ2v) is 3.73. The Morgan fingerprint density at radius 2 is 2.43 bits per heavy atom. The van der Waals surface area contributed by atoms with Crippen LogP contribution in [0.4, 0.5) is 0 Å². The molecular formula is C9H16N2O3. The highest BCUT2D eigenvalue weighted by molar-refractivity contribution is 5.79. The van der Waals surface area contributed by atoms with E-state index in [2.05, 4.69) is 0 Å². The first-order chi connectivity index (χ1) is 6.52. The zero-order valence-corrected chi connectivity index (χ0v) is 8.27. The zero-order valence-electron chi connectivity index (χ0n) is 8.27. The summed E-state index contributed by atoms with van der Waals surface area (Å²) in [6.07, 6.45) is 2.33. The lowest BCUT2D eigenvalue weighted by molar-refractivity contribution is -0.141. The summed E-state index contributed by atoms with van der Waals surface area (Å²) in [6, 6.07) is -0.860. The van der Waals surface area contributed by atoms with Gasteiger partial charge in [0.25, 0.3) is 0 Å². The Morgan fingerprint density at radius 3 is 2.93 bits per heavy atom. The Labute approximate surface area is 82.9 Å². The van der Waals surface area contributed by atoms with Crippen LogP contribution in [0.3, 0.4) is 0 Å². The van der Waals surface area contributed by atoms with E-state index < -0.39 is 12.0 Å². The lowest BCUT2D eigenvalue weighted by Gasteiger charge is -2.34. The number of rotatable bonds is 3. The van der Waals surface area contributed by atoms with E-state index >= 15 is 0 Å². The molecule has 2 atom stereocenters. The van der Waals surface area contributed by atoms with Gasteiger partial charge in [-0.25, -0.2) is 0 Å². The molecule has 1 saturated heterocycles. The van der Waals surface area contributed by atoms with Crippen LogP contribution in [0.2, 0.25) is 0 Å². The molecule has 5 nitrogen and oxygen atoms in total. The van der Waals surface area contributed by atoms with Crippen molar-refractivity contribution in [1.29, 1.82) is 0 Å². The van der Waals surface area contributed by atoms with Crippen molar-refractivity contribution in [2.24, 2.45) is 5.73 Å². The molecule has 0 spiro atoms. The van der Waals surface area contributed by atoms with Crippen LogP contribution in [0.1, 0.15) is 26.2 Å². The maximum atomic E-state index is 11.4. The molecular weight excluding hydrogens is 184 g/mol. The molecule has 0 aliphatic carbocycles. The third kappa shape index (κ3) is 2.45. The van der Waals surface area contributed by atoms with Crippen molar-refractivity contribution in [2.75, 3.05) is 6.54 Å². The molecule has 0 bridgehead atoms. The van der Waals surface area contributed by atoms with Crippen LogP contribution >= 0.6 is 0 Å². The molecule has 5 heteroatoms. The number of nitrogens with zero attached hydrogens (tertiary/aromatic N) is 1. The molecule has 0 radical (unpaired) electrons. The maximum absolute atomic E-state index is 11.4. The van der Waals surface area contributed by atoms with Gasteiger partial charge in [0.2, 0.25) is 5.91 Å². The van der Waals surface area contributed by atoms with Crippen LogP contribution in [-0.4, -0.2) is 40.5 Å². The van der Waals surface area contributed by atoms with Crippen LogP contribution < -0.4 is 5.73 Å². The summed E-state index contributed by atoms with van der Waals surface area (Å²) in [5.41, 5.74) is 5.38. The maximum Gasteiger partial charge on any atom is 0.322 e. The first-order valence-corrected chi connectivity index (χ1v) is 4.80. The Hall–Kier alpha value is -1.10. The minimum atomic E-state index is -1.06. The van der Waals surface area contributed by atoms with Gasteiger partial charge in [0.15, 0.2) is 0 Å². The van der Waals surface area contributed by atoms with Crippen LogP contribution in [0.5, 0.6) is 0 Å². The van der Waals surface area contributed by atoms with Crippen molar-refractivity contribution in [3.05, 3.63) is 0 Å². The van der Waals surface area contributed by atoms with E-state index in [0.29, 0.717) is 6.42 Å². The first-order valence-electron chi connectivity index (χ1n) is 4.80. The summed E-state index contributed by atoms with van der Waals surface area (Å²) in [6.45, 7) is 2.04. The molecule has 0 aromatic carbocycles. The van der Waals surface area contributed by atoms with Gasteiger partial charge in [-0.1, -0.05) is 0 Å². The van der Waals surface area contributed by atoms with E-state index in [-0.39, 0.29) is 18.5 Å². The summed E-state index contributed by atoms with van der Waals surface area (Å²) in [4.78, 5) is 23.5. The molecule has 1 heterocycles. The van der Waals surface area contributed by atoms with Gasteiger partial charge in [-0.05, 0) is 19.8 Å². The summed E-state index contributed by atoms with van der Waals surface area (Å²) >= 11 is 0. The van der Waals surface area contributed by atoms with E-state index in [4.69, 9.17) is 10.8 Å². The lowest BCUT2D eigenvalue weighted by Crippen LogP contribution is -2.50. The lowest BCUT2D eigenvalue weighted by atomic mass is 10.0. The Bertz CT molecular complexity index is 242. The minimum Gasteiger partial charge on any atom is -0.480 e. The predicted octanol–water partition coefficient (Wildman–Crippen LogP) is -0.201. The highest BCUT2D eigenvalue weighted by atomic mass is 16.4. The fourth-order valence-electron chi connectivity index (χ4n) is 1.67. The number of carboxylic acids is 1. The molecule has 0 saturated carbocycles. The molecule has 1 rings (SSSR count). The normalized spacial score (nSPS) is 24.9. The number of likely N-dealkylation sites (tertiary alicyclic amines) is 1. The average molecular weight is 200 g/mol. The minimum absolute atomic E-state index is 0.0143. The molecule has 1 fully saturated rings. The Morgan fingerprint density at radius 1 is 1.79 bits per heavy atom. The first kappa shape index (κ1) is 11.0. The number of carboxylic acid groups (broad SMARTS) is 1. The van der Waals surface area contributed by atoms with Crippen molar-refractivity contribution >= 4 is 11.9 Å². The van der Waals surface area contributed by atoms with Crippen LogP contribution in [0.15, 0.2) is 0 Å². The summed E-state index contributed by atoms with van der Waals surface area (Å²) in [5, 5.41) is 8.62. The van der Waals surface area contributed by atoms with Crippen LogP contribution in [0.25, 0.3) is 0 Å². The molecule has 1 aliphatic rings. The highest BCUT2D eigenvalue weighted by Crippen LogP contribution is 2.17. The Kier molecular flexibility index (Phi) is 3.46. The van der Waals surface area contributed by atoms with E-state index in [1.165, 1.54) is 0 Å². The van der Waals surface area contributed by atoms with Crippen molar-refractivity contribution < 1.29 is 14.7 Å². The number of hydrogen-bond acceptors (Lipinski definition) is 3. The molecule has 80 valence electrons. The zero-order chi connectivity index (χ0) is 10.7. The smallest absolute Gasteiger partial charge is 0.322 e. The van der Waals surface area contributed by atoms with E-state index in [9.17, 15) is 9.59 Å².